The third kappa shape index (κ3) is 2.14. The molecule has 0 aromatic carbocycles. The Morgan fingerprint density at radius 2 is 2.06 bits per heavy atom. The van der Waals surface area contributed by atoms with Crippen LogP contribution in [0, 0.1) is 30.2 Å². The summed E-state index contributed by atoms with van der Waals surface area (Å²) in [6.45, 7) is 11.2. The van der Waals surface area contributed by atoms with Gasteiger partial charge in [-0.25, -0.2) is 10.1 Å². The van der Waals surface area contributed by atoms with E-state index in [1.807, 2.05) is 24.8 Å². The van der Waals surface area contributed by atoms with Crippen LogP contribution in [0.25, 0.3) is 4.85 Å². The number of allylic oxidation sites excluding steroid dienone is 6. The van der Waals surface area contributed by atoms with E-state index in [2.05, 4.69) is 10.8 Å². The van der Waals surface area contributed by atoms with Crippen LogP contribution in [0.5, 0.6) is 0 Å². The van der Waals surface area contributed by atoms with Crippen LogP contribution in [-0.2, 0) is 0 Å². The van der Waals surface area contributed by atoms with E-state index in [1.165, 1.54) is 0 Å². The van der Waals surface area contributed by atoms with Crippen molar-refractivity contribution in [1.29, 1.82) is 5.26 Å². The van der Waals surface area contributed by atoms with E-state index in [-0.39, 0.29) is 5.70 Å². The summed E-state index contributed by atoms with van der Waals surface area (Å²) in [5.41, 5.74) is 2.66. The van der Waals surface area contributed by atoms with Crippen LogP contribution in [0.3, 0.4) is 0 Å². The molecule has 3 nitrogen and oxygen atoms in total. The van der Waals surface area contributed by atoms with Crippen LogP contribution in [0.4, 0.5) is 0 Å². The highest BCUT2D eigenvalue weighted by molar-refractivity contribution is 5.49. The quantitative estimate of drug-likeness (QED) is 0.377. The van der Waals surface area contributed by atoms with Crippen LogP contribution >= 0.6 is 0 Å². The maximum absolute atomic E-state index is 8.79. The van der Waals surface area contributed by atoms with Crippen molar-refractivity contribution in [2.75, 3.05) is 6.54 Å². The fourth-order valence-corrected chi connectivity index (χ4v) is 1.56. The average Bonchev–Trinajstić information content (AvgIpc) is 2.25. The number of hydrogen-bond acceptors (Lipinski definition) is 2. The Balaban J connectivity index is 3.21. The van der Waals surface area contributed by atoms with Crippen LogP contribution < -0.4 is 0 Å². The second-order valence-electron chi connectivity index (χ2n) is 3.39. The second-order valence-corrected chi connectivity index (χ2v) is 3.39. The smallest absolute Gasteiger partial charge is 0.269 e. The molecule has 3 heteroatoms. The Bertz CT molecular complexity index is 475. The van der Waals surface area contributed by atoms with Gasteiger partial charge in [-0.1, -0.05) is 5.92 Å². The first-order chi connectivity index (χ1) is 7.63. The van der Waals surface area contributed by atoms with Gasteiger partial charge in [0, 0.05) is 11.4 Å². The van der Waals surface area contributed by atoms with E-state index in [0.29, 0.717) is 12.1 Å². The van der Waals surface area contributed by atoms with Crippen molar-refractivity contribution in [3.8, 4) is 18.4 Å². The lowest BCUT2D eigenvalue weighted by atomic mass is 10.1. The molecule has 0 amide bonds. The molecule has 0 saturated carbocycles. The average molecular weight is 209 g/mol. The molecule has 0 saturated heterocycles. The monoisotopic (exact) mass is 209 g/mol. The first-order valence-corrected chi connectivity index (χ1v) is 4.73. The Hall–Kier alpha value is -2.44. The van der Waals surface area contributed by atoms with Gasteiger partial charge >= 0.3 is 0 Å². The van der Waals surface area contributed by atoms with E-state index >= 15 is 0 Å². The van der Waals surface area contributed by atoms with Crippen molar-refractivity contribution in [3.05, 3.63) is 46.2 Å². The third-order valence-electron chi connectivity index (χ3n) is 2.32. The molecule has 0 bridgehead atoms. The van der Waals surface area contributed by atoms with Crippen LogP contribution in [0.1, 0.15) is 13.8 Å². The summed E-state index contributed by atoms with van der Waals surface area (Å²) in [6, 6.07) is 1.89. The van der Waals surface area contributed by atoms with Gasteiger partial charge in [-0.15, -0.1) is 6.42 Å². The number of nitrogens with zero attached hydrogens (tertiary/aromatic N) is 3. The minimum Gasteiger partial charge on any atom is -0.338 e. The summed E-state index contributed by atoms with van der Waals surface area (Å²) in [4.78, 5) is 5.15. The fourth-order valence-electron chi connectivity index (χ4n) is 1.56. The standard InChI is InChI=1S/C13H11N3/c1-5-6-16-10(2)7-12(8-11(16)3)13(9-14)15-4/h1,7-8H,6H2,2-3H3. The van der Waals surface area contributed by atoms with Gasteiger partial charge in [-0.2, -0.15) is 0 Å². The molecule has 0 fully saturated rings. The summed E-state index contributed by atoms with van der Waals surface area (Å²) < 4.78 is 0. The van der Waals surface area contributed by atoms with Gasteiger partial charge < -0.3 is 4.90 Å². The van der Waals surface area contributed by atoms with Gasteiger partial charge in [0.1, 0.15) is 0 Å². The summed E-state index contributed by atoms with van der Waals surface area (Å²) in [5.74, 6) is 2.57. The van der Waals surface area contributed by atoms with Crippen molar-refractivity contribution in [3.63, 3.8) is 0 Å². The fraction of sp³-hybridized carbons (Fsp3) is 0.231. The summed E-state index contributed by atoms with van der Waals surface area (Å²) >= 11 is 0. The van der Waals surface area contributed by atoms with Gasteiger partial charge in [0.05, 0.1) is 19.2 Å². The molecule has 0 aromatic rings. The lowest BCUT2D eigenvalue weighted by Crippen LogP contribution is -2.22. The predicted molar refractivity (Wildman–Crippen MR) is 62.3 cm³/mol. The maximum atomic E-state index is 8.79. The molecule has 0 N–H and O–H groups in total. The molecule has 1 rings (SSSR count). The number of hydrogen-bond donors (Lipinski definition) is 0. The van der Waals surface area contributed by atoms with Gasteiger partial charge in [0.25, 0.3) is 5.70 Å². The van der Waals surface area contributed by atoms with Crippen molar-refractivity contribution < 1.29 is 0 Å². The van der Waals surface area contributed by atoms with E-state index in [4.69, 9.17) is 18.3 Å². The first-order valence-electron chi connectivity index (χ1n) is 4.73. The molecule has 1 heterocycles. The van der Waals surface area contributed by atoms with E-state index < -0.39 is 0 Å². The molecule has 1 aliphatic heterocycles. The summed E-state index contributed by atoms with van der Waals surface area (Å²) in [7, 11) is 0. The Labute approximate surface area is 95.8 Å². The molecule has 0 spiro atoms. The minimum atomic E-state index is 0.110. The summed E-state index contributed by atoms with van der Waals surface area (Å²) in [5, 5.41) is 8.79. The Morgan fingerprint density at radius 1 is 1.50 bits per heavy atom. The van der Waals surface area contributed by atoms with E-state index in [9.17, 15) is 0 Å². The highest BCUT2D eigenvalue weighted by atomic mass is 15.1. The minimum absolute atomic E-state index is 0.110. The molecule has 16 heavy (non-hydrogen) atoms. The largest absolute Gasteiger partial charge is 0.338 e. The normalized spacial score (nSPS) is 14.2. The number of terminal acetylenes is 1. The maximum Gasteiger partial charge on any atom is 0.269 e. The lowest BCUT2D eigenvalue weighted by Gasteiger charge is -2.27. The zero-order valence-electron chi connectivity index (χ0n) is 9.28. The second kappa shape index (κ2) is 4.87. The Morgan fingerprint density at radius 3 is 2.44 bits per heavy atom. The highest BCUT2D eigenvalue weighted by Crippen LogP contribution is 2.24. The zero-order chi connectivity index (χ0) is 12.1. The molecule has 0 aliphatic carbocycles. The molecule has 0 atom stereocenters. The number of rotatable bonds is 1. The lowest BCUT2D eigenvalue weighted by molar-refractivity contribution is 0.476. The van der Waals surface area contributed by atoms with Crippen molar-refractivity contribution in [2.45, 2.75) is 13.8 Å². The highest BCUT2D eigenvalue weighted by Gasteiger charge is 2.14. The Kier molecular flexibility index (Phi) is 3.54. The van der Waals surface area contributed by atoms with Crippen molar-refractivity contribution in [1.82, 2.24) is 4.90 Å². The topological polar surface area (TPSA) is 31.4 Å². The molecular weight excluding hydrogens is 198 g/mol. The molecule has 1 aliphatic rings. The van der Waals surface area contributed by atoms with E-state index in [0.717, 1.165) is 11.4 Å². The summed E-state index contributed by atoms with van der Waals surface area (Å²) in [6.07, 6.45) is 8.88. The predicted octanol–water partition coefficient (Wildman–Crippen LogP) is 2.44. The van der Waals surface area contributed by atoms with Crippen molar-refractivity contribution >= 4 is 0 Å². The first kappa shape index (κ1) is 11.6. The van der Waals surface area contributed by atoms with Gasteiger partial charge in [0.2, 0.25) is 0 Å². The third-order valence-corrected chi connectivity index (χ3v) is 2.32. The zero-order valence-corrected chi connectivity index (χ0v) is 9.28. The van der Waals surface area contributed by atoms with Crippen LogP contribution in [0.2, 0.25) is 0 Å². The van der Waals surface area contributed by atoms with E-state index in [1.54, 1.807) is 12.2 Å². The molecule has 0 radical (unpaired) electrons. The van der Waals surface area contributed by atoms with Gasteiger partial charge in [0.15, 0.2) is 0 Å². The van der Waals surface area contributed by atoms with Gasteiger partial charge in [-0.05, 0) is 31.6 Å². The van der Waals surface area contributed by atoms with Crippen LogP contribution in [0.15, 0.2) is 34.8 Å². The van der Waals surface area contributed by atoms with Crippen LogP contribution in [-0.4, -0.2) is 11.4 Å². The SMILES string of the molecule is [C-]#[N+]C(C#N)=C1C=C(C)N(CC#C)C(C)=C1. The van der Waals surface area contributed by atoms with Gasteiger partial charge in [-0.3, -0.25) is 0 Å². The number of nitriles is 1. The molecule has 0 aromatic heterocycles. The molecular formula is C13H11N3. The molecule has 78 valence electrons. The van der Waals surface area contributed by atoms with Crippen molar-refractivity contribution in [2.24, 2.45) is 0 Å². The molecule has 0 unspecified atom stereocenters.